The summed E-state index contributed by atoms with van der Waals surface area (Å²) in [5, 5.41) is 0. The number of halogens is 1. The first kappa shape index (κ1) is 15.2. The number of alkyl halides is 1. The molecule has 0 spiro atoms. The molecule has 0 amide bonds. The largest absolute Gasteiger partial charge is 0.462 e. The Morgan fingerprint density at radius 1 is 1.44 bits per heavy atom. The normalized spacial score (nSPS) is 24.8. The number of hydrogen-bond acceptors (Lipinski definition) is 2. The molecule has 0 radical (unpaired) electrons. The molecule has 0 aromatic rings. The highest BCUT2D eigenvalue weighted by Gasteiger charge is 2.44. The minimum atomic E-state index is -1.31. The minimum Gasteiger partial charge on any atom is -0.462 e. The van der Waals surface area contributed by atoms with E-state index in [4.69, 9.17) is 4.74 Å². The predicted octanol–water partition coefficient (Wildman–Crippen LogP) is 3.90. The lowest BCUT2D eigenvalue weighted by Crippen LogP contribution is -2.20. The summed E-state index contributed by atoms with van der Waals surface area (Å²) in [5.74, 6) is 0.416. The van der Waals surface area contributed by atoms with Gasteiger partial charge in [0.2, 0.25) is 0 Å². The molecule has 3 unspecified atom stereocenters. The zero-order chi connectivity index (χ0) is 14.1. The van der Waals surface area contributed by atoms with Crippen molar-refractivity contribution >= 4 is 5.97 Å². The van der Waals surface area contributed by atoms with Gasteiger partial charge in [0.25, 0.3) is 0 Å². The summed E-state index contributed by atoms with van der Waals surface area (Å²) in [6.45, 7) is 12.5. The van der Waals surface area contributed by atoms with Crippen molar-refractivity contribution in [2.75, 3.05) is 0 Å². The van der Waals surface area contributed by atoms with E-state index in [0.29, 0.717) is 11.5 Å². The van der Waals surface area contributed by atoms with Crippen LogP contribution in [0.4, 0.5) is 4.39 Å². The van der Waals surface area contributed by atoms with E-state index in [0.717, 1.165) is 12.8 Å². The first-order valence-corrected chi connectivity index (χ1v) is 6.71. The van der Waals surface area contributed by atoms with Crippen LogP contribution in [0.15, 0.2) is 12.2 Å². The molecule has 3 atom stereocenters. The predicted molar refractivity (Wildman–Crippen MR) is 70.9 cm³/mol. The lowest BCUT2D eigenvalue weighted by molar-refractivity contribution is -0.152. The number of carbonyl (C=O) groups is 1. The minimum absolute atomic E-state index is 0.0922. The van der Waals surface area contributed by atoms with Crippen molar-refractivity contribution in [2.24, 2.45) is 17.8 Å². The zero-order valence-corrected chi connectivity index (χ0v) is 12.1. The molecular weight excluding hydrogens is 231 g/mol. The molecule has 0 heterocycles. The maximum atomic E-state index is 13.7. The first-order chi connectivity index (χ1) is 8.12. The molecule has 1 fully saturated rings. The Morgan fingerprint density at radius 2 is 2.00 bits per heavy atom. The van der Waals surface area contributed by atoms with Gasteiger partial charge in [0.1, 0.15) is 5.67 Å². The summed E-state index contributed by atoms with van der Waals surface area (Å²) in [6.07, 6.45) is 1.68. The average Bonchev–Trinajstić information content (AvgIpc) is 2.93. The summed E-state index contributed by atoms with van der Waals surface area (Å²) < 4.78 is 19.0. The third-order valence-electron chi connectivity index (χ3n) is 3.56. The SMILES string of the molecule is C=C(C1CC1CC(C)OC(=O)C(C)C)C(C)(C)F. The van der Waals surface area contributed by atoms with Crippen LogP contribution >= 0.6 is 0 Å². The van der Waals surface area contributed by atoms with Crippen molar-refractivity contribution in [3.63, 3.8) is 0 Å². The van der Waals surface area contributed by atoms with Gasteiger partial charge in [-0.3, -0.25) is 4.79 Å². The fourth-order valence-corrected chi connectivity index (χ4v) is 2.18. The van der Waals surface area contributed by atoms with Crippen molar-refractivity contribution in [3.05, 3.63) is 12.2 Å². The molecule has 1 saturated carbocycles. The zero-order valence-electron chi connectivity index (χ0n) is 12.1. The van der Waals surface area contributed by atoms with Crippen LogP contribution in [0.25, 0.3) is 0 Å². The average molecular weight is 256 g/mol. The van der Waals surface area contributed by atoms with Gasteiger partial charge in [-0.2, -0.15) is 0 Å². The highest BCUT2D eigenvalue weighted by molar-refractivity contribution is 5.71. The number of carbonyl (C=O) groups excluding carboxylic acids is 1. The van der Waals surface area contributed by atoms with Crippen LogP contribution in [-0.2, 0) is 9.53 Å². The fourth-order valence-electron chi connectivity index (χ4n) is 2.18. The van der Waals surface area contributed by atoms with Gasteiger partial charge in [-0.1, -0.05) is 20.4 Å². The van der Waals surface area contributed by atoms with Crippen molar-refractivity contribution in [3.8, 4) is 0 Å². The highest BCUT2D eigenvalue weighted by atomic mass is 19.1. The van der Waals surface area contributed by atoms with E-state index in [1.807, 2.05) is 20.8 Å². The lowest BCUT2D eigenvalue weighted by atomic mass is 9.95. The number of ether oxygens (including phenoxy) is 1. The van der Waals surface area contributed by atoms with E-state index >= 15 is 0 Å². The smallest absolute Gasteiger partial charge is 0.308 e. The summed E-state index contributed by atoms with van der Waals surface area (Å²) in [7, 11) is 0. The molecule has 0 N–H and O–H groups in total. The molecule has 18 heavy (non-hydrogen) atoms. The summed E-state index contributed by atoms with van der Waals surface area (Å²) in [6, 6.07) is 0. The molecule has 2 nitrogen and oxygen atoms in total. The molecule has 0 bridgehead atoms. The second-order valence-electron chi connectivity index (χ2n) is 6.24. The lowest BCUT2D eigenvalue weighted by Gasteiger charge is -2.19. The summed E-state index contributed by atoms with van der Waals surface area (Å²) >= 11 is 0. The van der Waals surface area contributed by atoms with Gasteiger partial charge in [-0.25, -0.2) is 4.39 Å². The van der Waals surface area contributed by atoms with E-state index in [1.165, 1.54) is 0 Å². The van der Waals surface area contributed by atoms with Gasteiger partial charge in [-0.15, -0.1) is 0 Å². The Bertz CT molecular complexity index is 328. The Hall–Kier alpha value is -0.860. The van der Waals surface area contributed by atoms with Crippen molar-refractivity contribution in [2.45, 2.75) is 59.2 Å². The molecule has 1 rings (SSSR count). The van der Waals surface area contributed by atoms with Crippen molar-refractivity contribution < 1.29 is 13.9 Å². The second kappa shape index (κ2) is 5.41. The van der Waals surface area contributed by atoms with E-state index in [-0.39, 0.29) is 23.9 Å². The number of esters is 1. The molecule has 0 aromatic heterocycles. The van der Waals surface area contributed by atoms with Crippen molar-refractivity contribution in [1.82, 2.24) is 0 Å². The van der Waals surface area contributed by atoms with Crippen LogP contribution in [0.5, 0.6) is 0 Å². The van der Waals surface area contributed by atoms with E-state index < -0.39 is 5.67 Å². The van der Waals surface area contributed by atoms with Crippen LogP contribution < -0.4 is 0 Å². The Balaban J connectivity index is 2.35. The number of rotatable bonds is 6. The van der Waals surface area contributed by atoms with Gasteiger partial charge in [0.05, 0.1) is 12.0 Å². The van der Waals surface area contributed by atoms with Gasteiger partial charge in [-0.05, 0) is 51.0 Å². The van der Waals surface area contributed by atoms with E-state index in [9.17, 15) is 9.18 Å². The summed E-state index contributed by atoms with van der Waals surface area (Å²) in [5.41, 5.74) is -0.632. The molecule has 1 aliphatic carbocycles. The Kier molecular flexibility index (Phi) is 4.57. The van der Waals surface area contributed by atoms with Gasteiger partial charge < -0.3 is 4.74 Å². The van der Waals surface area contributed by atoms with Gasteiger partial charge in [0, 0.05) is 0 Å². The Labute approximate surface area is 110 Å². The standard InChI is InChI=1S/C15H25FO2/c1-9(2)14(17)18-10(3)7-12-8-13(12)11(4)15(5,6)16/h9-10,12-13H,4,7-8H2,1-3,5-6H3. The van der Waals surface area contributed by atoms with Gasteiger partial charge >= 0.3 is 5.97 Å². The van der Waals surface area contributed by atoms with Crippen LogP contribution in [0, 0.1) is 17.8 Å². The van der Waals surface area contributed by atoms with Gasteiger partial charge in [0.15, 0.2) is 0 Å². The maximum absolute atomic E-state index is 13.7. The molecule has 104 valence electrons. The molecule has 1 aliphatic rings. The van der Waals surface area contributed by atoms with Crippen LogP contribution in [0.3, 0.4) is 0 Å². The third kappa shape index (κ3) is 4.11. The number of allylic oxidation sites excluding steroid dienone is 1. The van der Waals surface area contributed by atoms with Crippen LogP contribution in [-0.4, -0.2) is 17.7 Å². The van der Waals surface area contributed by atoms with E-state index in [1.54, 1.807) is 13.8 Å². The van der Waals surface area contributed by atoms with Crippen LogP contribution in [0.2, 0.25) is 0 Å². The molecule has 3 heteroatoms. The van der Waals surface area contributed by atoms with Crippen molar-refractivity contribution in [1.29, 1.82) is 0 Å². The van der Waals surface area contributed by atoms with Crippen LogP contribution in [0.1, 0.15) is 47.5 Å². The third-order valence-corrected chi connectivity index (χ3v) is 3.56. The topological polar surface area (TPSA) is 26.3 Å². The number of hydrogen-bond donors (Lipinski definition) is 0. The fraction of sp³-hybridized carbons (Fsp3) is 0.800. The molecule has 0 saturated heterocycles. The molecule has 0 aromatic carbocycles. The monoisotopic (exact) mass is 256 g/mol. The highest BCUT2D eigenvalue weighted by Crippen LogP contribution is 2.50. The molecular formula is C15H25FO2. The second-order valence-corrected chi connectivity index (χ2v) is 6.24. The molecule has 0 aliphatic heterocycles. The maximum Gasteiger partial charge on any atom is 0.308 e. The Morgan fingerprint density at radius 3 is 2.44 bits per heavy atom. The first-order valence-electron chi connectivity index (χ1n) is 6.71. The quantitative estimate of drug-likeness (QED) is 0.532. The van der Waals surface area contributed by atoms with E-state index in [2.05, 4.69) is 6.58 Å². The summed E-state index contributed by atoms with van der Waals surface area (Å²) in [4.78, 5) is 11.4.